The van der Waals surface area contributed by atoms with E-state index in [1.807, 2.05) is 0 Å². The average molecular weight is 248 g/mol. The van der Waals surface area contributed by atoms with Gasteiger partial charge in [0.05, 0.1) is 5.56 Å². The van der Waals surface area contributed by atoms with E-state index in [2.05, 4.69) is 0 Å². The molecule has 0 aliphatic rings. The summed E-state index contributed by atoms with van der Waals surface area (Å²) >= 11 is 0. The second-order valence-electron chi connectivity index (χ2n) is 3.55. The van der Waals surface area contributed by atoms with Gasteiger partial charge in [-0.2, -0.15) is 0 Å². The van der Waals surface area contributed by atoms with Crippen molar-refractivity contribution < 1.29 is 22.0 Å². The zero-order chi connectivity index (χ0) is 12.5. The molecule has 1 aromatic rings. The van der Waals surface area contributed by atoms with Crippen LogP contribution in [0.25, 0.3) is 0 Å². The molecule has 0 amide bonds. The summed E-state index contributed by atoms with van der Waals surface area (Å²) in [6.45, 7) is 1.35. The van der Waals surface area contributed by atoms with E-state index in [1.54, 1.807) is 0 Å². The van der Waals surface area contributed by atoms with Crippen molar-refractivity contribution in [1.82, 2.24) is 0 Å². The molecule has 0 heterocycles. The first-order chi connectivity index (χ1) is 7.22. The summed E-state index contributed by atoms with van der Waals surface area (Å²) in [6, 6.07) is 2.31. The Hall–Kier alpha value is -1.30. The van der Waals surface area contributed by atoms with Crippen molar-refractivity contribution in [2.24, 2.45) is 0 Å². The van der Waals surface area contributed by atoms with Crippen LogP contribution in [-0.2, 0) is 9.84 Å². The molecule has 88 valence electrons. The van der Waals surface area contributed by atoms with Crippen LogP contribution in [0.15, 0.2) is 12.1 Å². The Morgan fingerprint density at radius 3 is 2.31 bits per heavy atom. The number of hydrogen-bond acceptors (Lipinski definition) is 3. The predicted molar refractivity (Wildman–Crippen MR) is 55.1 cm³/mol. The van der Waals surface area contributed by atoms with E-state index in [9.17, 15) is 22.0 Å². The third-order valence-corrected chi connectivity index (χ3v) is 2.76. The number of rotatable bonds is 3. The molecule has 0 radical (unpaired) electrons. The van der Waals surface area contributed by atoms with E-state index in [4.69, 9.17) is 0 Å². The largest absolute Gasteiger partial charge is 0.293 e. The highest BCUT2D eigenvalue weighted by molar-refractivity contribution is 7.91. The molecule has 16 heavy (non-hydrogen) atoms. The zero-order valence-corrected chi connectivity index (χ0v) is 9.57. The van der Waals surface area contributed by atoms with Crippen LogP contribution in [0.3, 0.4) is 0 Å². The number of hydrogen-bond donors (Lipinski definition) is 0. The molecule has 0 saturated heterocycles. The first kappa shape index (κ1) is 12.8. The highest BCUT2D eigenvalue weighted by Crippen LogP contribution is 2.16. The summed E-state index contributed by atoms with van der Waals surface area (Å²) in [5.74, 6) is -4.20. The monoisotopic (exact) mass is 248 g/mol. The number of carbonyl (C=O) groups excluding carboxylic acids is 1. The molecular formula is C10H10F2O3S. The van der Waals surface area contributed by atoms with Gasteiger partial charge in [-0.3, -0.25) is 4.79 Å². The van der Waals surface area contributed by atoms with Gasteiger partial charge in [0.25, 0.3) is 0 Å². The first-order valence-electron chi connectivity index (χ1n) is 4.38. The van der Waals surface area contributed by atoms with Crippen LogP contribution >= 0.6 is 0 Å². The van der Waals surface area contributed by atoms with Crippen LogP contribution in [0.5, 0.6) is 0 Å². The smallest absolute Gasteiger partial charge is 0.180 e. The Morgan fingerprint density at radius 2 is 1.81 bits per heavy atom. The lowest BCUT2D eigenvalue weighted by atomic mass is 10.1. The lowest BCUT2D eigenvalue weighted by Gasteiger charge is -2.04. The minimum absolute atomic E-state index is 0.0633. The van der Waals surface area contributed by atoms with E-state index in [0.717, 1.165) is 12.3 Å². The minimum atomic E-state index is -3.55. The number of ketones is 1. The molecule has 0 aromatic heterocycles. The number of benzene rings is 1. The second kappa shape index (κ2) is 4.29. The highest BCUT2D eigenvalue weighted by atomic mass is 32.2. The van der Waals surface area contributed by atoms with Crippen LogP contribution in [0.1, 0.15) is 15.9 Å². The van der Waals surface area contributed by atoms with Gasteiger partial charge in [-0.25, -0.2) is 17.2 Å². The van der Waals surface area contributed by atoms with Crippen LogP contribution in [0, 0.1) is 18.6 Å². The number of carbonyl (C=O) groups is 1. The van der Waals surface area contributed by atoms with Crippen molar-refractivity contribution >= 4 is 15.6 Å². The maximum absolute atomic E-state index is 13.3. The molecule has 0 N–H and O–H groups in total. The maximum atomic E-state index is 13.3. The summed E-state index contributed by atoms with van der Waals surface area (Å²) < 4.78 is 48.1. The Labute approximate surface area is 92.0 Å². The first-order valence-corrected chi connectivity index (χ1v) is 6.44. The minimum Gasteiger partial charge on any atom is -0.293 e. The van der Waals surface area contributed by atoms with Crippen LogP contribution in [0.4, 0.5) is 8.78 Å². The van der Waals surface area contributed by atoms with Gasteiger partial charge in [0, 0.05) is 6.26 Å². The molecule has 6 heteroatoms. The van der Waals surface area contributed by atoms with Gasteiger partial charge in [-0.1, -0.05) is 6.07 Å². The van der Waals surface area contributed by atoms with Crippen molar-refractivity contribution in [3.8, 4) is 0 Å². The Balaban J connectivity index is 3.16. The standard InChI is InChI=1S/C10H10F2O3S/c1-6-3-4-7(10(12)9(6)11)8(13)5-16(2,14)15/h3-4H,5H2,1-2H3. The summed E-state index contributed by atoms with van der Waals surface area (Å²) in [5, 5.41) is 0. The molecule has 1 aromatic carbocycles. The average Bonchev–Trinajstić information content (AvgIpc) is 2.11. The van der Waals surface area contributed by atoms with Crippen LogP contribution < -0.4 is 0 Å². The van der Waals surface area contributed by atoms with Crippen LogP contribution in [0.2, 0.25) is 0 Å². The second-order valence-corrected chi connectivity index (χ2v) is 5.69. The summed E-state index contributed by atoms with van der Waals surface area (Å²) in [7, 11) is -3.55. The van der Waals surface area contributed by atoms with Crippen molar-refractivity contribution in [2.75, 3.05) is 12.0 Å². The van der Waals surface area contributed by atoms with Crippen LogP contribution in [-0.4, -0.2) is 26.2 Å². The van der Waals surface area contributed by atoms with E-state index in [0.29, 0.717) is 0 Å². The van der Waals surface area contributed by atoms with Gasteiger partial charge in [0.2, 0.25) is 0 Å². The fourth-order valence-electron chi connectivity index (χ4n) is 1.18. The molecule has 0 aliphatic heterocycles. The number of sulfone groups is 1. The molecule has 0 bridgehead atoms. The van der Waals surface area contributed by atoms with Gasteiger partial charge in [0.15, 0.2) is 27.3 Å². The summed E-state index contributed by atoms with van der Waals surface area (Å²) in [5.41, 5.74) is -0.470. The quantitative estimate of drug-likeness (QED) is 0.762. The van der Waals surface area contributed by atoms with Crippen molar-refractivity contribution in [3.05, 3.63) is 34.9 Å². The third kappa shape index (κ3) is 2.85. The maximum Gasteiger partial charge on any atom is 0.180 e. The molecule has 0 saturated carbocycles. The van der Waals surface area contributed by atoms with Gasteiger partial charge in [0.1, 0.15) is 5.75 Å². The van der Waals surface area contributed by atoms with Crippen molar-refractivity contribution in [3.63, 3.8) is 0 Å². The van der Waals surface area contributed by atoms with Gasteiger partial charge < -0.3 is 0 Å². The van der Waals surface area contributed by atoms with E-state index >= 15 is 0 Å². The molecule has 0 aliphatic carbocycles. The fourth-order valence-corrected chi connectivity index (χ4v) is 1.81. The molecule has 0 unspecified atom stereocenters. The Morgan fingerprint density at radius 1 is 1.25 bits per heavy atom. The summed E-state index contributed by atoms with van der Waals surface area (Å²) in [6.07, 6.45) is 0.855. The summed E-state index contributed by atoms with van der Waals surface area (Å²) in [4.78, 5) is 11.4. The van der Waals surface area contributed by atoms with E-state index in [1.165, 1.54) is 13.0 Å². The molecule has 0 fully saturated rings. The lowest BCUT2D eigenvalue weighted by molar-refractivity contribution is 0.101. The van der Waals surface area contributed by atoms with Crippen molar-refractivity contribution in [1.29, 1.82) is 0 Å². The predicted octanol–water partition coefficient (Wildman–Crippen LogP) is 1.50. The lowest BCUT2D eigenvalue weighted by Crippen LogP contribution is -2.16. The van der Waals surface area contributed by atoms with Gasteiger partial charge in [-0.15, -0.1) is 0 Å². The molecule has 1 rings (SSSR count). The molecular weight excluding hydrogens is 238 g/mol. The number of aryl methyl sites for hydroxylation is 1. The number of halogens is 2. The fraction of sp³-hybridized carbons (Fsp3) is 0.300. The zero-order valence-electron chi connectivity index (χ0n) is 8.75. The molecule has 0 spiro atoms. The SMILES string of the molecule is Cc1ccc(C(=O)CS(C)(=O)=O)c(F)c1F. The van der Waals surface area contributed by atoms with E-state index in [-0.39, 0.29) is 5.56 Å². The normalized spacial score (nSPS) is 11.5. The highest BCUT2D eigenvalue weighted by Gasteiger charge is 2.20. The van der Waals surface area contributed by atoms with Crippen molar-refractivity contribution in [2.45, 2.75) is 6.92 Å². The van der Waals surface area contributed by atoms with Gasteiger partial charge in [-0.05, 0) is 18.6 Å². The van der Waals surface area contributed by atoms with E-state index < -0.39 is 38.6 Å². The molecule has 0 atom stereocenters. The third-order valence-electron chi connectivity index (χ3n) is 1.97. The Bertz CT molecular complexity index is 535. The van der Waals surface area contributed by atoms with Gasteiger partial charge >= 0.3 is 0 Å². The Kier molecular flexibility index (Phi) is 3.42. The molecule has 3 nitrogen and oxygen atoms in total. The number of Topliss-reactive ketones (excluding diaryl/α,β-unsaturated/α-hetero) is 1. The topological polar surface area (TPSA) is 51.2 Å².